The van der Waals surface area contributed by atoms with E-state index in [9.17, 15) is 48.6 Å². The lowest BCUT2D eigenvalue weighted by Crippen LogP contribution is -2.52. The third-order valence-electron chi connectivity index (χ3n) is 13.2. The van der Waals surface area contributed by atoms with Crippen LogP contribution in [0.5, 0.6) is 11.5 Å². The number of carbonyl (C=O) groups excluding carboxylic acids is 8. The number of aromatic nitrogens is 2. The van der Waals surface area contributed by atoms with E-state index in [1.165, 1.54) is 48.3 Å². The van der Waals surface area contributed by atoms with Crippen LogP contribution in [-0.4, -0.2) is 128 Å². The molecule has 0 radical (unpaired) electrons. The number of para-hydroxylation sites is 2. The molecule has 0 spiro atoms. The van der Waals surface area contributed by atoms with E-state index in [1.807, 2.05) is 33.4 Å². The summed E-state index contributed by atoms with van der Waals surface area (Å²) in [6.07, 6.45) is 5.42. The predicted molar refractivity (Wildman–Crippen MR) is 258 cm³/mol. The summed E-state index contributed by atoms with van der Waals surface area (Å²) in [7, 11) is 2.41. The quantitative estimate of drug-likeness (QED) is 0.0538. The van der Waals surface area contributed by atoms with E-state index >= 15 is 0 Å². The van der Waals surface area contributed by atoms with Crippen LogP contribution in [0, 0.1) is 0 Å². The van der Waals surface area contributed by atoms with Gasteiger partial charge in [-0.05, 0) is 79.6 Å². The molecule has 2 fully saturated rings. The molecular weight excluding hydrogens is 913 g/mol. The molecule has 8 rings (SSSR count). The minimum atomic E-state index is -1.08. The standard InChI is InChI=1S/C53H54N6O12/c1-70-52(68)40(28-32-16-20-34(60)21-17-32)54-48(64)44-14-7-26-58(44)50(66)46(62)38-30-56(42-12-5-3-10-36(38)42)24-9-25-57-31-39(37-11-4-6-13-43(37)57)47(63)51(67)59-27-8-15-45(59)49(65)55-41(53(69)71-2)29-33-18-22-35(61)23-19-33/h3-6,10-13,16-23,30-31,40-41,44-45,60-61H,7-9,14-15,24-29H2,1-2H3,(H,54,64)(H,55,65)/t40-,41-,44-,45?/m0/s1. The van der Waals surface area contributed by atoms with Crippen molar-refractivity contribution in [2.45, 2.75) is 82.2 Å². The normalized spacial score (nSPS) is 16.4. The summed E-state index contributed by atoms with van der Waals surface area (Å²) in [4.78, 5) is 111. The Balaban J connectivity index is 0.934. The largest absolute Gasteiger partial charge is 0.508 e. The van der Waals surface area contributed by atoms with E-state index in [-0.39, 0.29) is 61.4 Å². The Morgan fingerprint density at radius 2 is 0.944 bits per heavy atom. The molecule has 0 aliphatic carbocycles. The highest BCUT2D eigenvalue weighted by atomic mass is 16.5. The van der Waals surface area contributed by atoms with Gasteiger partial charge in [0.25, 0.3) is 23.4 Å². The number of nitrogens with zero attached hydrogens (tertiary/aromatic N) is 4. The molecule has 4 amide bonds. The summed E-state index contributed by atoms with van der Waals surface area (Å²) in [6, 6.07) is 22.6. The number of amides is 4. The van der Waals surface area contributed by atoms with Crippen LogP contribution in [-0.2, 0) is 64.2 Å². The van der Waals surface area contributed by atoms with Gasteiger partial charge >= 0.3 is 11.9 Å². The Morgan fingerprint density at radius 1 is 0.563 bits per heavy atom. The predicted octanol–water partition coefficient (Wildman–Crippen LogP) is 4.25. The third-order valence-corrected chi connectivity index (χ3v) is 13.2. The number of esters is 2. The van der Waals surface area contributed by atoms with Gasteiger partial charge < -0.3 is 49.3 Å². The van der Waals surface area contributed by atoms with Gasteiger partial charge in [0.15, 0.2) is 0 Å². The maximum Gasteiger partial charge on any atom is 0.328 e. The van der Waals surface area contributed by atoms with Crippen LogP contribution in [0.3, 0.4) is 0 Å². The van der Waals surface area contributed by atoms with Gasteiger partial charge in [-0.15, -0.1) is 0 Å². The van der Waals surface area contributed by atoms with Crippen molar-refractivity contribution in [2.24, 2.45) is 0 Å². The maximum atomic E-state index is 14.1. The molecule has 4 atom stereocenters. The highest BCUT2D eigenvalue weighted by Crippen LogP contribution is 2.28. The minimum Gasteiger partial charge on any atom is -0.508 e. The number of aryl methyl sites for hydroxylation is 2. The number of hydrogen-bond donors (Lipinski definition) is 4. The second-order valence-corrected chi connectivity index (χ2v) is 17.7. The van der Waals surface area contributed by atoms with Crippen molar-refractivity contribution in [1.82, 2.24) is 29.6 Å². The van der Waals surface area contributed by atoms with Crippen molar-refractivity contribution < 1.29 is 58.0 Å². The first-order valence-corrected chi connectivity index (χ1v) is 23.4. The topological polar surface area (TPSA) is 236 Å². The maximum absolute atomic E-state index is 14.1. The first-order valence-electron chi connectivity index (χ1n) is 23.4. The molecule has 4 heterocycles. The zero-order valence-corrected chi connectivity index (χ0v) is 39.2. The molecule has 0 saturated carbocycles. The van der Waals surface area contributed by atoms with Crippen LogP contribution in [0.25, 0.3) is 21.8 Å². The van der Waals surface area contributed by atoms with Gasteiger partial charge in [0.1, 0.15) is 35.7 Å². The number of ether oxygens (including phenoxy) is 2. The highest BCUT2D eigenvalue weighted by molar-refractivity contribution is 6.46. The van der Waals surface area contributed by atoms with E-state index < -0.39 is 71.3 Å². The van der Waals surface area contributed by atoms with Gasteiger partial charge in [-0.1, -0.05) is 60.7 Å². The number of ketones is 2. The van der Waals surface area contributed by atoms with E-state index in [2.05, 4.69) is 10.6 Å². The lowest BCUT2D eigenvalue weighted by atomic mass is 10.0. The second-order valence-electron chi connectivity index (χ2n) is 17.7. The number of rotatable bonds is 18. The van der Waals surface area contributed by atoms with Gasteiger partial charge in [-0.3, -0.25) is 28.8 Å². The van der Waals surface area contributed by atoms with Crippen LogP contribution >= 0.6 is 0 Å². The second kappa shape index (κ2) is 21.6. The van der Waals surface area contributed by atoms with Gasteiger partial charge in [0.2, 0.25) is 11.8 Å². The molecule has 18 heteroatoms. The Morgan fingerprint density at radius 3 is 1.32 bits per heavy atom. The van der Waals surface area contributed by atoms with Crippen LogP contribution < -0.4 is 10.6 Å². The Kier molecular flexibility index (Phi) is 14.9. The molecule has 2 aliphatic rings. The zero-order chi connectivity index (χ0) is 50.3. The first kappa shape index (κ1) is 49.2. The van der Waals surface area contributed by atoms with Crippen LogP contribution in [0.2, 0.25) is 0 Å². The molecule has 368 valence electrons. The Labute approximate surface area is 408 Å². The lowest BCUT2D eigenvalue weighted by Gasteiger charge is -2.25. The number of carbonyl (C=O) groups is 8. The van der Waals surface area contributed by atoms with Crippen molar-refractivity contribution in [3.05, 3.63) is 132 Å². The highest BCUT2D eigenvalue weighted by Gasteiger charge is 2.41. The smallest absolute Gasteiger partial charge is 0.328 e. The molecule has 2 saturated heterocycles. The fourth-order valence-electron chi connectivity index (χ4n) is 9.64. The van der Waals surface area contributed by atoms with Gasteiger partial charge in [0, 0.05) is 73.2 Å². The van der Waals surface area contributed by atoms with Crippen molar-refractivity contribution >= 4 is 68.9 Å². The van der Waals surface area contributed by atoms with Crippen molar-refractivity contribution in [3.63, 3.8) is 0 Å². The van der Waals surface area contributed by atoms with Crippen LogP contribution in [0.15, 0.2) is 109 Å². The summed E-state index contributed by atoms with van der Waals surface area (Å²) in [5, 5.41) is 25.9. The third kappa shape index (κ3) is 10.7. The number of Topliss-reactive ketones (excluding diaryl/α,β-unsaturated/α-hetero) is 2. The van der Waals surface area contributed by atoms with Crippen LogP contribution in [0.4, 0.5) is 0 Å². The Hall–Kier alpha value is -8.28. The summed E-state index contributed by atoms with van der Waals surface area (Å²) in [6.45, 7) is 1.12. The zero-order valence-electron chi connectivity index (χ0n) is 39.2. The van der Waals surface area contributed by atoms with E-state index in [0.717, 1.165) is 0 Å². The van der Waals surface area contributed by atoms with E-state index in [1.54, 1.807) is 60.9 Å². The number of phenols is 2. The Bertz CT molecular complexity index is 2810. The number of aromatic hydroxyl groups is 2. The lowest BCUT2D eigenvalue weighted by molar-refractivity contribution is -0.146. The molecule has 4 aromatic carbocycles. The summed E-state index contributed by atoms with van der Waals surface area (Å²) < 4.78 is 13.6. The average Bonchev–Trinajstić information content (AvgIpc) is 4.22. The number of phenolic OH excluding ortho intramolecular Hbond substituents is 2. The first-order chi connectivity index (χ1) is 34.3. The molecule has 1 unspecified atom stereocenters. The summed E-state index contributed by atoms with van der Waals surface area (Å²) >= 11 is 0. The van der Waals surface area contributed by atoms with Crippen molar-refractivity contribution in [1.29, 1.82) is 0 Å². The SMILES string of the molecule is COC(=O)[C@H](Cc1ccc(O)cc1)NC(=O)C1CCCN1C(=O)C(=O)c1cn(CCCn2cc(C(=O)C(=O)N3CCC[C@H]3C(=O)N[C@@H](Cc3ccc(O)cc3)C(=O)OC)c3ccccc32)c2ccccc12. The molecule has 4 N–H and O–H groups in total. The minimum absolute atomic E-state index is 0.0451. The average molecular weight is 967 g/mol. The summed E-state index contributed by atoms with van der Waals surface area (Å²) in [5.74, 6) is -5.73. The van der Waals surface area contributed by atoms with E-state index in [4.69, 9.17) is 9.47 Å². The number of hydrogen-bond acceptors (Lipinski definition) is 12. The number of benzene rings is 4. The van der Waals surface area contributed by atoms with Crippen molar-refractivity contribution in [3.8, 4) is 11.5 Å². The number of likely N-dealkylation sites (tertiary alicyclic amines) is 2. The molecule has 71 heavy (non-hydrogen) atoms. The molecule has 2 aliphatic heterocycles. The monoisotopic (exact) mass is 966 g/mol. The molecule has 2 aromatic heterocycles. The molecule has 0 bridgehead atoms. The van der Waals surface area contributed by atoms with Gasteiger partial charge in [-0.2, -0.15) is 0 Å². The molecular formula is C53H54N6O12. The molecule has 18 nitrogen and oxygen atoms in total. The summed E-state index contributed by atoms with van der Waals surface area (Å²) in [5.41, 5.74) is 3.06. The fraction of sp³-hybridized carbons (Fsp3) is 0.321. The van der Waals surface area contributed by atoms with Crippen molar-refractivity contribution in [2.75, 3.05) is 27.3 Å². The van der Waals surface area contributed by atoms with E-state index in [0.29, 0.717) is 65.3 Å². The number of fused-ring (bicyclic) bond motifs is 2. The van der Waals surface area contributed by atoms with Crippen LogP contribution in [0.1, 0.15) is 63.9 Å². The fourth-order valence-corrected chi connectivity index (χ4v) is 9.64. The molecule has 6 aromatic rings. The number of nitrogens with one attached hydrogen (secondary N) is 2. The number of methoxy groups -OCH3 is 2. The van der Waals surface area contributed by atoms with Gasteiger partial charge in [0.05, 0.1) is 25.3 Å². The van der Waals surface area contributed by atoms with Gasteiger partial charge in [-0.25, -0.2) is 9.59 Å².